The number of fused-ring (bicyclic) bond motifs is 2. The van der Waals surface area contributed by atoms with Gasteiger partial charge in [-0.2, -0.15) is 0 Å². The number of hydrogen-bond acceptors (Lipinski definition) is 7. The van der Waals surface area contributed by atoms with E-state index < -0.39 is 24.5 Å². The predicted octanol–water partition coefficient (Wildman–Crippen LogP) is 6.08. The minimum Gasteiger partial charge on any atom is -0.462 e. The Bertz CT molecular complexity index is 1530. The summed E-state index contributed by atoms with van der Waals surface area (Å²) in [6.45, 7) is 1.37. The van der Waals surface area contributed by atoms with Crippen molar-refractivity contribution >= 4 is 56.7 Å². The average Bonchev–Trinajstić information content (AvgIpc) is 3.53. The molecule has 0 fully saturated rings. The molecule has 0 saturated carbocycles. The van der Waals surface area contributed by atoms with Crippen molar-refractivity contribution in [2.75, 3.05) is 18.5 Å². The Morgan fingerprint density at radius 2 is 1.73 bits per heavy atom. The molecule has 1 N–H and O–H groups in total. The van der Waals surface area contributed by atoms with Gasteiger partial charge in [0.05, 0.1) is 17.7 Å². The van der Waals surface area contributed by atoms with E-state index in [1.54, 1.807) is 30.5 Å². The van der Waals surface area contributed by atoms with Crippen LogP contribution in [0.1, 0.15) is 45.3 Å². The highest BCUT2D eigenvalue weighted by molar-refractivity contribution is 7.15. The van der Waals surface area contributed by atoms with Crippen LogP contribution in [0.3, 0.4) is 0 Å². The van der Waals surface area contributed by atoms with E-state index in [1.807, 2.05) is 30.3 Å². The van der Waals surface area contributed by atoms with Crippen molar-refractivity contribution in [1.29, 1.82) is 0 Å². The van der Waals surface area contributed by atoms with Gasteiger partial charge in [-0.1, -0.05) is 48.0 Å². The topological polar surface area (TPSA) is 94.6 Å². The lowest BCUT2D eigenvalue weighted by Crippen LogP contribution is -2.22. The van der Waals surface area contributed by atoms with Gasteiger partial charge in [0.1, 0.15) is 10.6 Å². The molecule has 188 valence electrons. The fourth-order valence-electron chi connectivity index (χ4n) is 4.54. The van der Waals surface area contributed by atoms with Gasteiger partial charge >= 0.3 is 11.9 Å². The van der Waals surface area contributed by atoms with Crippen LogP contribution in [0, 0.1) is 0 Å². The van der Waals surface area contributed by atoms with Crippen LogP contribution in [0.2, 0.25) is 5.02 Å². The highest BCUT2D eigenvalue weighted by atomic mass is 35.5. The van der Waals surface area contributed by atoms with Gasteiger partial charge in [-0.25, -0.2) is 9.59 Å². The number of rotatable bonds is 7. The van der Waals surface area contributed by atoms with Crippen molar-refractivity contribution in [1.82, 2.24) is 4.98 Å². The first-order valence-corrected chi connectivity index (χ1v) is 13.1. The number of anilines is 1. The van der Waals surface area contributed by atoms with E-state index in [4.69, 9.17) is 21.1 Å². The van der Waals surface area contributed by atoms with Crippen molar-refractivity contribution in [3.8, 4) is 11.1 Å². The Balaban J connectivity index is 1.37. The number of aromatic nitrogens is 1. The number of carbonyl (C=O) groups excluding carboxylic acids is 3. The van der Waals surface area contributed by atoms with E-state index in [0.717, 1.165) is 36.0 Å². The number of nitrogens with zero attached hydrogens (tertiary/aromatic N) is 1. The van der Waals surface area contributed by atoms with Gasteiger partial charge in [-0.3, -0.25) is 9.78 Å². The number of para-hydroxylation sites is 1. The van der Waals surface area contributed by atoms with Gasteiger partial charge in [-0.15, -0.1) is 11.3 Å². The van der Waals surface area contributed by atoms with E-state index in [2.05, 4.69) is 10.3 Å². The summed E-state index contributed by atoms with van der Waals surface area (Å²) in [6, 6.07) is 14.5. The zero-order valence-corrected chi connectivity index (χ0v) is 21.6. The minimum atomic E-state index is -0.579. The van der Waals surface area contributed by atoms with Gasteiger partial charge < -0.3 is 14.8 Å². The summed E-state index contributed by atoms with van der Waals surface area (Å²) in [4.78, 5) is 43.4. The maximum absolute atomic E-state index is 13.1. The largest absolute Gasteiger partial charge is 0.462 e. The van der Waals surface area contributed by atoms with Gasteiger partial charge in [0, 0.05) is 32.6 Å². The third-order valence-corrected chi connectivity index (χ3v) is 7.37. The van der Waals surface area contributed by atoms with Gasteiger partial charge in [0.25, 0.3) is 5.91 Å². The Labute approximate surface area is 222 Å². The molecule has 2 aromatic carbocycles. The molecule has 0 aliphatic heterocycles. The third kappa shape index (κ3) is 4.95. The number of hydrogen-bond donors (Lipinski definition) is 1. The summed E-state index contributed by atoms with van der Waals surface area (Å²) in [5, 5.41) is 5.91. The number of thiophene rings is 1. The number of carbonyl (C=O) groups is 3. The van der Waals surface area contributed by atoms with E-state index in [1.165, 1.54) is 11.3 Å². The van der Waals surface area contributed by atoms with Crippen LogP contribution in [0.25, 0.3) is 22.0 Å². The van der Waals surface area contributed by atoms with Crippen LogP contribution in [-0.4, -0.2) is 36.0 Å². The molecule has 7 nitrogen and oxygen atoms in total. The second kappa shape index (κ2) is 10.7. The molecule has 1 aliphatic carbocycles. The molecule has 1 aliphatic rings. The Kier molecular flexibility index (Phi) is 7.21. The number of amides is 1. The normalized spacial score (nSPS) is 12.3. The number of benzene rings is 2. The summed E-state index contributed by atoms with van der Waals surface area (Å²) in [6.07, 6.45) is 2.47. The summed E-state index contributed by atoms with van der Waals surface area (Å²) >= 11 is 7.53. The van der Waals surface area contributed by atoms with Gasteiger partial charge in [0.2, 0.25) is 0 Å². The monoisotopic (exact) mass is 534 g/mol. The molecule has 0 radical (unpaired) electrons. The van der Waals surface area contributed by atoms with Crippen molar-refractivity contribution < 1.29 is 23.9 Å². The van der Waals surface area contributed by atoms with Crippen LogP contribution in [-0.2, 0) is 27.1 Å². The van der Waals surface area contributed by atoms with Crippen molar-refractivity contribution in [2.45, 2.75) is 26.2 Å². The number of aryl methyl sites for hydroxylation is 1. The second-order valence-electron chi connectivity index (χ2n) is 8.46. The highest BCUT2D eigenvalue weighted by Crippen LogP contribution is 2.39. The van der Waals surface area contributed by atoms with Gasteiger partial charge in [0.15, 0.2) is 6.61 Å². The number of ether oxygens (including phenoxy) is 2. The fraction of sp³-hybridized carbons (Fsp3) is 0.214. The van der Waals surface area contributed by atoms with Gasteiger partial charge in [-0.05, 0) is 43.9 Å². The first-order valence-electron chi connectivity index (χ1n) is 11.9. The highest BCUT2D eigenvalue weighted by Gasteiger charge is 2.27. The molecular weight excluding hydrogens is 512 g/mol. The number of nitrogens with one attached hydrogen (secondary N) is 1. The number of halogens is 1. The number of esters is 2. The SMILES string of the molecule is CCOC(=O)c1c(-c2ccccc2Cl)csc1NC(=O)COC(=O)c1c2c(nc3ccccc13)CCC2. The molecule has 9 heteroatoms. The Morgan fingerprint density at radius 3 is 2.54 bits per heavy atom. The smallest absolute Gasteiger partial charge is 0.341 e. The van der Waals surface area contributed by atoms with E-state index in [-0.39, 0.29) is 12.2 Å². The van der Waals surface area contributed by atoms with Crippen LogP contribution >= 0.6 is 22.9 Å². The standard InChI is InChI=1S/C28H23ClN2O5S/c1-2-35-28(34)25-19(16-8-3-5-11-20(16)29)15-37-26(25)31-23(32)14-36-27(33)24-17-9-4-6-12-21(17)30-22-13-7-10-18(22)24/h3-6,8-9,11-12,15H,2,7,10,13-14H2,1H3,(H,31,32). The molecule has 4 aromatic rings. The molecule has 0 atom stereocenters. The molecule has 0 spiro atoms. The lowest BCUT2D eigenvalue weighted by Gasteiger charge is -2.12. The maximum Gasteiger partial charge on any atom is 0.341 e. The molecule has 37 heavy (non-hydrogen) atoms. The molecule has 2 heterocycles. The summed E-state index contributed by atoms with van der Waals surface area (Å²) < 4.78 is 10.7. The molecule has 5 rings (SSSR count). The number of pyridine rings is 1. The van der Waals surface area contributed by atoms with Crippen molar-refractivity contribution in [2.24, 2.45) is 0 Å². The molecule has 0 bridgehead atoms. The Morgan fingerprint density at radius 1 is 0.973 bits per heavy atom. The summed E-state index contributed by atoms with van der Waals surface area (Å²) in [5.41, 5.74) is 4.39. The zero-order chi connectivity index (χ0) is 25.9. The van der Waals surface area contributed by atoms with Crippen LogP contribution in [0.15, 0.2) is 53.9 Å². The summed E-state index contributed by atoms with van der Waals surface area (Å²) in [7, 11) is 0. The third-order valence-electron chi connectivity index (χ3n) is 6.15. The predicted molar refractivity (Wildman–Crippen MR) is 143 cm³/mol. The van der Waals surface area contributed by atoms with Crippen molar-refractivity contribution in [3.05, 3.63) is 81.3 Å². The lowest BCUT2D eigenvalue weighted by molar-refractivity contribution is -0.119. The van der Waals surface area contributed by atoms with E-state index in [9.17, 15) is 14.4 Å². The molecular formula is C28H23ClN2O5S. The summed E-state index contributed by atoms with van der Waals surface area (Å²) in [5.74, 6) is -1.72. The van der Waals surface area contributed by atoms with E-state index in [0.29, 0.717) is 32.1 Å². The van der Waals surface area contributed by atoms with Crippen LogP contribution in [0.4, 0.5) is 5.00 Å². The molecule has 0 unspecified atom stereocenters. The quantitative estimate of drug-likeness (QED) is 0.289. The Hall–Kier alpha value is -3.75. The second-order valence-corrected chi connectivity index (χ2v) is 9.75. The van der Waals surface area contributed by atoms with E-state index >= 15 is 0 Å². The fourth-order valence-corrected chi connectivity index (χ4v) is 5.75. The molecule has 2 aromatic heterocycles. The first kappa shape index (κ1) is 24.9. The lowest BCUT2D eigenvalue weighted by atomic mass is 10.0. The minimum absolute atomic E-state index is 0.172. The van der Waals surface area contributed by atoms with Crippen LogP contribution in [0.5, 0.6) is 0 Å². The van der Waals surface area contributed by atoms with Crippen molar-refractivity contribution in [3.63, 3.8) is 0 Å². The maximum atomic E-state index is 13.1. The zero-order valence-electron chi connectivity index (χ0n) is 20.0. The molecule has 0 saturated heterocycles. The average molecular weight is 535 g/mol. The molecule has 1 amide bonds. The first-order chi connectivity index (χ1) is 18.0. The van der Waals surface area contributed by atoms with Crippen LogP contribution < -0.4 is 5.32 Å².